The van der Waals surface area contributed by atoms with Crippen LogP contribution in [0.2, 0.25) is 0 Å². The number of carbonyl (C=O) groups is 1. The van der Waals surface area contributed by atoms with Crippen molar-refractivity contribution in [2.75, 3.05) is 0 Å². The molecule has 0 bridgehead atoms. The number of unbranched alkanes of at least 4 members (excludes halogenated alkanes) is 1. The fraction of sp³-hybridized carbons (Fsp3) is 0.267. The third-order valence-corrected chi connectivity index (χ3v) is 3.26. The molecule has 0 aliphatic carbocycles. The molecule has 2 aromatic rings. The van der Waals surface area contributed by atoms with Gasteiger partial charge in [-0.05, 0) is 46.5 Å². The zero-order chi connectivity index (χ0) is 13.0. The number of aryl methyl sites for hydroxylation is 1. The molecule has 2 rings (SSSR count). The summed E-state index contributed by atoms with van der Waals surface area (Å²) < 4.78 is 5.84. The predicted molar refractivity (Wildman–Crippen MR) is 74.9 cm³/mol. The number of hydrogen-bond donors (Lipinski definition) is 0. The molecule has 0 saturated carbocycles. The second-order valence-electron chi connectivity index (χ2n) is 4.23. The number of benzene rings is 1. The minimum Gasteiger partial charge on any atom is -0.446 e. The van der Waals surface area contributed by atoms with Gasteiger partial charge in [0.1, 0.15) is 0 Å². The van der Waals surface area contributed by atoms with Gasteiger partial charge in [-0.2, -0.15) is 0 Å². The van der Waals surface area contributed by atoms with Gasteiger partial charge in [0, 0.05) is 5.56 Å². The minimum atomic E-state index is -0.0808. The van der Waals surface area contributed by atoms with E-state index >= 15 is 0 Å². The summed E-state index contributed by atoms with van der Waals surface area (Å²) in [5.74, 6) is 0.283. The lowest BCUT2D eigenvalue weighted by Gasteiger charge is -2.01. The highest BCUT2D eigenvalue weighted by molar-refractivity contribution is 9.10. The molecule has 3 heteroatoms. The molecule has 0 spiro atoms. The second-order valence-corrected chi connectivity index (χ2v) is 5.01. The molecule has 2 nitrogen and oxygen atoms in total. The Labute approximate surface area is 115 Å². The van der Waals surface area contributed by atoms with E-state index in [1.807, 2.05) is 24.3 Å². The first-order valence-corrected chi connectivity index (χ1v) is 6.89. The van der Waals surface area contributed by atoms with E-state index in [0.717, 1.165) is 6.42 Å². The maximum absolute atomic E-state index is 12.1. The minimum absolute atomic E-state index is 0.0808. The van der Waals surface area contributed by atoms with E-state index < -0.39 is 0 Å². The van der Waals surface area contributed by atoms with Gasteiger partial charge < -0.3 is 4.42 Å². The van der Waals surface area contributed by atoms with Crippen molar-refractivity contribution in [1.82, 2.24) is 0 Å². The smallest absolute Gasteiger partial charge is 0.228 e. The maximum Gasteiger partial charge on any atom is 0.228 e. The summed E-state index contributed by atoms with van der Waals surface area (Å²) in [5.41, 5.74) is 1.94. The summed E-state index contributed by atoms with van der Waals surface area (Å²) in [6.45, 7) is 2.17. The Morgan fingerprint density at radius 2 is 1.89 bits per heavy atom. The predicted octanol–water partition coefficient (Wildman–Crippen LogP) is 4.62. The van der Waals surface area contributed by atoms with Crippen LogP contribution in [0.5, 0.6) is 0 Å². The standard InChI is InChI=1S/C15H15BrO2/c1-2-3-4-11-5-7-12(8-6-11)15(17)13-9-10-14(16)18-13/h5-10H,2-4H2,1H3. The topological polar surface area (TPSA) is 30.2 Å². The zero-order valence-corrected chi connectivity index (χ0v) is 11.9. The molecular weight excluding hydrogens is 292 g/mol. The van der Waals surface area contributed by atoms with Crippen molar-refractivity contribution < 1.29 is 9.21 Å². The van der Waals surface area contributed by atoms with E-state index in [2.05, 4.69) is 22.9 Å². The summed E-state index contributed by atoms with van der Waals surface area (Å²) in [4.78, 5) is 12.1. The Morgan fingerprint density at radius 1 is 1.17 bits per heavy atom. The molecule has 0 atom stereocenters. The van der Waals surface area contributed by atoms with Gasteiger partial charge in [-0.1, -0.05) is 37.6 Å². The molecule has 0 N–H and O–H groups in total. The largest absolute Gasteiger partial charge is 0.446 e. The van der Waals surface area contributed by atoms with Gasteiger partial charge in [-0.25, -0.2) is 0 Å². The molecule has 0 saturated heterocycles. The molecule has 0 aliphatic heterocycles. The quantitative estimate of drug-likeness (QED) is 0.755. The van der Waals surface area contributed by atoms with Crippen molar-refractivity contribution in [3.63, 3.8) is 0 Å². The molecule has 0 unspecified atom stereocenters. The first-order chi connectivity index (χ1) is 8.70. The zero-order valence-electron chi connectivity index (χ0n) is 10.3. The fourth-order valence-corrected chi connectivity index (χ4v) is 2.09. The molecule has 0 amide bonds. The van der Waals surface area contributed by atoms with Crippen LogP contribution in [0.25, 0.3) is 0 Å². The van der Waals surface area contributed by atoms with Crippen molar-refractivity contribution in [2.24, 2.45) is 0 Å². The normalized spacial score (nSPS) is 10.6. The van der Waals surface area contributed by atoms with Crippen molar-refractivity contribution in [1.29, 1.82) is 0 Å². The Hall–Kier alpha value is -1.35. The average molecular weight is 307 g/mol. The summed E-state index contributed by atoms with van der Waals surface area (Å²) in [6.07, 6.45) is 3.43. The first-order valence-electron chi connectivity index (χ1n) is 6.09. The lowest BCUT2D eigenvalue weighted by molar-refractivity contribution is 0.101. The van der Waals surface area contributed by atoms with E-state index in [0.29, 0.717) is 16.0 Å². The molecule has 94 valence electrons. The van der Waals surface area contributed by atoms with Gasteiger partial charge in [0.05, 0.1) is 0 Å². The van der Waals surface area contributed by atoms with Crippen molar-refractivity contribution >= 4 is 21.7 Å². The van der Waals surface area contributed by atoms with Gasteiger partial charge in [-0.3, -0.25) is 4.79 Å². The Morgan fingerprint density at radius 3 is 2.44 bits per heavy atom. The van der Waals surface area contributed by atoms with Crippen LogP contribution in [0.3, 0.4) is 0 Å². The average Bonchev–Trinajstić information content (AvgIpc) is 2.83. The molecule has 1 heterocycles. The Balaban J connectivity index is 2.12. The van der Waals surface area contributed by atoms with Gasteiger partial charge in [-0.15, -0.1) is 0 Å². The SMILES string of the molecule is CCCCc1ccc(C(=O)c2ccc(Br)o2)cc1. The lowest BCUT2D eigenvalue weighted by Crippen LogP contribution is -1.99. The van der Waals surface area contributed by atoms with Crippen LogP contribution in [-0.4, -0.2) is 5.78 Å². The molecule has 0 aliphatic rings. The number of carbonyl (C=O) groups excluding carboxylic acids is 1. The van der Waals surface area contributed by atoms with E-state index in [9.17, 15) is 4.79 Å². The summed E-state index contributed by atoms with van der Waals surface area (Å²) >= 11 is 3.19. The van der Waals surface area contributed by atoms with E-state index in [4.69, 9.17) is 4.42 Å². The van der Waals surface area contributed by atoms with Gasteiger partial charge in [0.2, 0.25) is 5.78 Å². The van der Waals surface area contributed by atoms with Crippen LogP contribution < -0.4 is 0 Å². The maximum atomic E-state index is 12.1. The second kappa shape index (κ2) is 6.01. The van der Waals surface area contributed by atoms with Crippen molar-refractivity contribution in [3.05, 3.63) is 58.0 Å². The van der Waals surface area contributed by atoms with Gasteiger partial charge in [0.25, 0.3) is 0 Å². The van der Waals surface area contributed by atoms with Gasteiger partial charge >= 0.3 is 0 Å². The summed E-state index contributed by atoms with van der Waals surface area (Å²) in [7, 11) is 0. The number of furan rings is 1. The van der Waals surface area contributed by atoms with Gasteiger partial charge in [0.15, 0.2) is 10.4 Å². The Bertz CT molecular complexity index is 526. The highest BCUT2D eigenvalue weighted by Gasteiger charge is 2.12. The van der Waals surface area contributed by atoms with E-state index in [-0.39, 0.29) is 5.78 Å². The third kappa shape index (κ3) is 3.10. The van der Waals surface area contributed by atoms with Crippen LogP contribution in [0, 0.1) is 0 Å². The number of ketones is 1. The monoisotopic (exact) mass is 306 g/mol. The molecule has 0 fully saturated rings. The van der Waals surface area contributed by atoms with Crippen molar-refractivity contribution in [3.8, 4) is 0 Å². The Kier molecular flexibility index (Phi) is 4.37. The highest BCUT2D eigenvalue weighted by Crippen LogP contribution is 2.18. The lowest BCUT2D eigenvalue weighted by atomic mass is 10.0. The van der Waals surface area contributed by atoms with Crippen LogP contribution >= 0.6 is 15.9 Å². The van der Waals surface area contributed by atoms with Crippen LogP contribution in [0.1, 0.15) is 41.4 Å². The van der Waals surface area contributed by atoms with Crippen LogP contribution in [-0.2, 0) is 6.42 Å². The fourth-order valence-electron chi connectivity index (χ4n) is 1.78. The molecule has 0 radical (unpaired) electrons. The molecule has 18 heavy (non-hydrogen) atoms. The number of rotatable bonds is 5. The van der Waals surface area contributed by atoms with E-state index in [1.54, 1.807) is 12.1 Å². The van der Waals surface area contributed by atoms with Crippen LogP contribution in [0.15, 0.2) is 45.5 Å². The number of halogens is 1. The highest BCUT2D eigenvalue weighted by atomic mass is 79.9. The molecule has 1 aromatic carbocycles. The third-order valence-electron chi connectivity index (χ3n) is 2.83. The van der Waals surface area contributed by atoms with Crippen molar-refractivity contribution in [2.45, 2.75) is 26.2 Å². The summed E-state index contributed by atoms with van der Waals surface area (Å²) in [5, 5.41) is 0. The van der Waals surface area contributed by atoms with E-state index in [1.165, 1.54) is 18.4 Å². The van der Waals surface area contributed by atoms with Crippen LogP contribution in [0.4, 0.5) is 0 Å². The number of hydrogen-bond acceptors (Lipinski definition) is 2. The first kappa shape index (κ1) is 13.1. The summed E-state index contributed by atoms with van der Waals surface area (Å²) in [6, 6.07) is 11.2. The molecular formula is C15H15BrO2. The molecule has 1 aromatic heterocycles.